The Labute approximate surface area is 149 Å². The summed E-state index contributed by atoms with van der Waals surface area (Å²) in [6.07, 6.45) is 1.03. The lowest BCUT2D eigenvalue weighted by Crippen LogP contribution is -2.35. The van der Waals surface area contributed by atoms with E-state index in [0.717, 1.165) is 12.0 Å². The van der Waals surface area contributed by atoms with Crippen molar-refractivity contribution in [2.75, 3.05) is 6.54 Å². The smallest absolute Gasteiger partial charge is 0.249 e. The second-order valence-corrected chi connectivity index (χ2v) is 8.38. The molecule has 7 nitrogen and oxygen atoms in total. The average molecular weight is 369 g/mol. The first-order valence-electron chi connectivity index (χ1n) is 8.50. The van der Waals surface area contributed by atoms with E-state index in [-0.39, 0.29) is 23.8 Å². The van der Waals surface area contributed by atoms with Crippen LogP contribution in [-0.4, -0.2) is 39.1 Å². The highest BCUT2D eigenvalue weighted by Crippen LogP contribution is 2.19. The van der Waals surface area contributed by atoms with Crippen LogP contribution in [0.25, 0.3) is 0 Å². The highest BCUT2D eigenvalue weighted by Gasteiger charge is 2.29. The molecule has 1 saturated heterocycles. The number of hydrogen-bond donors (Lipinski definition) is 3. The third-order valence-corrected chi connectivity index (χ3v) is 5.47. The molecule has 1 aromatic rings. The maximum absolute atomic E-state index is 12.1. The van der Waals surface area contributed by atoms with Gasteiger partial charge in [-0.25, -0.2) is 13.1 Å². The number of sulfonamides is 1. The van der Waals surface area contributed by atoms with Gasteiger partial charge in [-0.2, -0.15) is 0 Å². The maximum atomic E-state index is 12.1. The topological polar surface area (TPSA) is 111 Å². The Morgan fingerprint density at radius 2 is 1.88 bits per heavy atom. The van der Waals surface area contributed by atoms with Gasteiger partial charge in [0.15, 0.2) is 0 Å². The quantitative estimate of drug-likeness (QED) is 0.623. The van der Waals surface area contributed by atoms with Crippen molar-refractivity contribution in [1.29, 1.82) is 0 Å². The van der Waals surface area contributed by atoms with Crippen LogP contribution < -0.4 is 15.8 Å². The summed E-state index contributed by atoms with van der Waals surface area (Å²) in [6, 6.07) is 7.03. The van der Waals surface area contributed by atoms with E-state index in [9.17, 15) is 13.2 Å². The molecule has 1 fully saturated rings. The fourth-order valence-corrected chi connectivity index (χ4v) is 4.18. The molecule has 1 heterocycles. The van der Waals surface area contributed by atoms with E-state index in [2.05, 4.69) is 10.0 Å². The zero-order valence-electron chi connectivity index (χ0n) is 14.7. The predicted octanol–water partition coefficient (Wildman–Crippen LogP) is 0.637. The maximum Gasteiger partial charge on any atom is 0.249 e. The number of carbonyl (C=O) groups is 1. The number of carbonyl (C=O) groups excluding carboxylic acids is 1. The van der Waals surface area contributed by atoms with E-state index in [1.54, 1.807) is 26.0 Å². The van der Waals surface area contributed by atoms with Crippen LogP contribution in [0.2, 0.25) is 0 Å². The summed E-state index contributed by atoms with van der Waals surface area (Å²) in [6.45, 7) is 4.38. The number of benzene rings is 1. The van der Waals surface area contributed by atoms with Gasteiger partial charge >= 0.3 is 0 Å². The fourth-order valence-electron chi connectivity index (χ4n) is 2.75. The van der Waals surface area contributed by atoms with E-state index in [4.69, 9.17) is 10.5 Å². The molecular formula is C17H27N3O4S. The molecule has 0 aliphatic carbocycles. The minimum absolute atomic E-state index is 0.0311. The second-order valence-electron chi connectivity index (χ2n) is 6.63. The summed E-state index contributed by atoms with van der Waals surface area (Å²) in [5, 5.41) is 2.84. The van der Waals surface area contributed by atoms with Gasteiger partial charge in [-0.3, -0.25) is 4.79 Å². The Bertz CT molecular complexity index is 674. The van der Waals surface area contributed by atoms with E-state index < -0.39 is 16.1 Å². The summed E-state index contributed by atoms with van der Waals surface area (Å²) in [4.78, 5) is 12.1. The number of hydrogen-bond acceptors (Lipinski definition) is 5. The lowest BCUT2D eigenvalue weighted by molar-refractivity contribution is -0.132. The fraction of sp³-hybridized carbons (Fsp3) is 0.588. The Morgan fingerprint density at radius 1 is 1.24 bits per heavy atom. The standard InChI is InChI=1S/C17H27N3O4S/c1-12(2)20-25(22,23)11-14-5-3-13(4-6-14)10-19-17(21)16-8-7-15(9-18)24-16/h3-6,12,15-16,20H,7-11,18H2,1-2H3,(H,19,21)/t15-,16+/m1/s1. The molecule has 1 aromatic carbocycles. The van der Waals surface area contributed by atoms with Crippen LogP contribution in [0.15, 0.2) is 24.3 Å². The Kier molecular flexibility index (Phi) is 6.95. The third kappa shape index (κ3) is 6.39. The molecule has 0 aromatic heterocycles. The molecule has 4 N–H and O–H groups in total. The van der Waals surface area contributed by atoms with Gasteiger partial charge in [-0.05, 0) is 37.8 Å². The Morgan fingerprint density at radius 3 is 2.44 bits per heavy atom. The molecule has 8 heteroatoms. The van der Waals surface area contributed by atoms with Crippen molar-refractivity contribution in [3.8, 4) is 0 Å². The zero-order chi connectivity index (χ0) is 18.4. The van der Waals surface area contributed by atoms with Crippen LogP contribution in [0.3, 0.4) is 0 Å². The first-order chi connectivity index (χ1) is 11.8. The highest BCUT2D eigenvalue weighted by molar-refractivity contribution is 7.88. The summed E-state index contributed by atoms with van der Waals surface area (Å²) < 4.78 is 31.9. The van der Waals surface area contributed by atoms with Gasteiger partial charge in [0.1, 0.15) is 6.10 Å². The van der Waals surface area contributed by atoms with Crippen LogP contribution in [0.1, 0.15) is 37.8 Å². The van der Waals surface area contributed by atoms with Crippen molar-refractivity contribution in [3.63, 3.8) is 0 Å². The third-order valence-electron chi connectivity index (χ3n) is 3.92. The van der Waals surface area contributed by atoms with Crippen molar-refractivity contribution in [2.45, 2.75) is 57.2 Å². The first-order valence-corrected chi connectivity index (χ1v) is 10.2. The van der Waals surface area contributed by atoms with Gasteiger partial charge in [0.2, 0.25) is 15.9 Å². The molecule has 0 saturated carbocycles. The molecule has 140 valence electrons. The van der Waals surface area contributed by atoms with Crippen LogP contribution in [0.5, 0.6) is 0 Å². The van der Waals surface area contributed by atoms with Crippen LogP contribution in [-0.2, 0) is 31.9 Å². The summed E-state index contributed by atoms with van der Waals surface area (Å²) in [7, 11) is -3.34. The van der Waals surface area contributed by atoms with Crippen molar-refractivity contribution in [3.05, 3.63) is 35.4 Å². The lowest BCUT2D eigenvalue weighted by Gasteiger charge is -2.13. The summed E-state index contributed by atoms with van der Waals surface area (Å²) in [5.74, 6) is -0.197. The number of nitrogens with one attached hydrogen (secondary N) is 2. The van der Waals surface area contributed by atoms with Crippen molar-refractivity contribution in [1.82, 2.24) is 10.0 Å². The molecule has 0 unspecified atom stereocenters. The molecule has 0 bridgehead atoms. The van der Waals surface area contributed by atoms with E-state index in [1.165, 1.54) is 0 Å². The largest absolute Gasteiger partial charge is 0.364 e. The van der Waals surface area contributed by atoms with E-state index >= 15 is 0 Å². The summed E-state index contributed by atoms with van der Waals surface area (Å²) >= 11 is 0. The minimum atomic E-state index is -3.34. The van der Waals surface area contributed by atoms with Crippen LogP contribution in [0, 0.1) is 0 Å². The van der Waals surface area contributed by atoms with Crippen molar-refractivity contribution >= 4 is 15.9 Å². The van der Waals surface area contributed by atoms with Gasteiger partial charge in [0.25, 0.3) is 0 Å². The molecule has 0 radical (unpaired) electrons. The molecule has 0 spiro atoms. The molecule has 1 amide bonds. The van der Waals surface area contributed by atoms with Gasteiger partial charge in [0.05, 0.1) is 11.9 Å². The molecule has 25 heavy (non-hydrogen) atoms. The van der Waals surface area contributed by atoms with Crippen molar-refractivity contribution in [2.24, 2.45) is 5.73 Å². The predicted molar refractivity (Wildman–Crippen MR) is 96.1 cm³/mol. The average Bonchev–Trinajstić information content (AvgIpc) is 3.01. The number of ether oxygens (including phenoxy) is 1. The molecular weight excluding hydrogens is 342 g/mol. The summed E-state index contributed by atoms with van der Waals surface area (Å²) in [5.41, 5.74) is 7.15. The molecule has 1 aliphatic heterocycles. The van der Waals surface area contributed by atoms with Crippen LogP contribution in [0.4, 0.5) is 0 Å². The Hall–Kier alpha value is -1.48. The van der Waals surface area contributed by atoms with Gasteiger partial charge in [-0.15, -0.1) is 0 Å². The normalized spacial score (nSPS) is 20.8. The Balaban J connectivity index is 1.83. The number of nitrogens with two attached hydrogens (primary N) is 1. The highest BCUT2D eigenvalue weighted by atomic mass is 32.2. The van der Waals surface area contributed by atoms with Gasteiger partial charge in [-0.1, -0.05) is 24.3 Å². The zero-order valence-corrected chi connectivity index (χ0v) is 15.5. The number of rotatable bonds is 8. The monoisotopic (exact) mass is 369 g/mol. The van der Waals surface area contributed by atoms with Crippen molar-refractivity contribution < 1.29 is 17.9 Å². The SMILES string of the molecule is CC(C)NS(=O)(=O)Cc1ccc(CNC(=O)[C@@H]2CC[C@H](CN)O2)cc1. The van der Waals surface area contributed by atoms with E-state index in [1.807, 2.05) is 12.1 Å². The van der Waals surface area contributed by atoms with Gasteiger partial charge < -0.3 is 15.8 Å². The van der Waals surface area contributed by atoms with E-state index in [0.29, 0.717) is 25.1 Å². The van der Waals surface area contributed by atoms with Gasteiger partial charge in [0, 0.05) is 19.1 Å². The molecule has 2 rings (SSSR count). The molecule has 1 aliphatic rings. The van der Waals surface area contributed by atoms with Crippen LogP contribution >= 0.6 is 0 Å². The minimum Gasteiger partial charge on any atom is -0.364 e. The number of amides is 1. The first kappa shape index (κ1) is 19.8. The second kappa shape index (κ2) is 8.75. The lowest BCUT2D eigenvalue weighted by atomic mass is 10.1. The molecule has 2 atom stereocenters.